The summed E-state index contributed by atoms with van der Waals surface area (Å²) in [4.78, 5) is 26.9. The van der Waals surface area contributed by atoms with E-state index in [4.69, 9.17) is 0 Å². The number of aromatic nitrogens is 1. The highest BCUT2D eigenvalue weighted by Gasteiger charge is 2.34. The Morgan fingerprint density at radius 3 is 2.59 bits per heavy atom. The van der Waals surface area contributed by atoms with Gasteiger partial charge in [-0.3, -0.25) is 9.59 Å². The number of carbonyl (C=O) groups is 2. The van der Waals surface area contributed by atoms with Gasteiger partial charge in [0.15, 0.2) is 0 Å². The van der Waals surface area contributed by atoms with Crippen molar-refractivity contribution in [3.05, 3.63) is 41.6 Å². The molecule has 2 aromatic rings. The van der Waals surface area contributed by atoms with Gasteiger partial charge in [-0.1, -0.05) is 12.2 Å². The molecule has 0 saturated carbocycles. The van der Waals surface area contributed by atoms with Crippen molar-refractivity contribution < 1.29 is 32.6 Å². The van der Waals surface area contributed by atoms with Crippen LogP contribution in [-0.4, -0.2) is 34.9 Å². The predicted molar refractivity (Wildman–Crippen MR) is 99.4 cm³/mol. The number of carboxylic acid groups (broad SMARTS) is 1. The van der Waals surface area contributed by atoms with E-state index in [9.17, 15) is 27.9 Å². The molecule has 0 fully saturated rings. The fourth-order valence-corrected chi connectivity index (χ4v) is 3.70. The minimum Gasteiger partial charge on any atom is -0.481 e. The van der Waals surface area contributed by atoms with E-state index in [2.05, 4.69) is 15.0 Å². The average Bonchev–Trinajstić information content (AvgIpc) is 2.95. The number of carbonyl (C=O) groups excluding carboxylic acids is 1. The summed E-state index contributed by atoms with van der Waals surface area (Å²) >= 11 is 0. The Labute approximate surface area is 164 Å². The summed E-state index contributed by atoms with van der Waals surface area (Å²) in [6.45, 7) is 2.04. The Hall–Kier alpha value is -2.97. The Kier molecular flexibility index (Phi) is 5.86. The lowest BCUT2D eigenvalue weighted by Gasteiger charge is -2.24. The lowest BCUT2D eigenvalue weighted by atomic mass is 9.82. The number of hydrogen-bond acceptors (Lipinski definition) is 3. The van der Waals surface area contributed by atoms with E-state index in [1.165, 1.54) is 18.2 Å². The van der Waals surface area contributed by atoms with Crippen LogP contribution in [0.5, 0.6) is 5.75 Å². The number of ether oxygens (including phenoxy) is 1. The molecule has 1 aliphatic rings. The number of carboxylic acids is 1. The van der Waals surface area contributed by atoms with Gasteiger partial charge in [-0.2, -0.15) is 0 Å². The largest absolute Gasteiger partial charge is 0.573 e. The number of benzene rings is 1. The van der Waals surface area contributed by atoms with Crippen LogP contribution >= 0.6 is 0 Å². The van der Waals surface area contributed by atoms with Crippen LogP contribution in [0.3, 0.4) is 0 Å². The quantitative estimate of drug-likeness (QED) is 0.634. The third-order valence-corrected chi connectivity index (χ3v) is 5.09. The second-order valence-corrected chi connectivity index (χ2v) is 7.02. The first-order valence-electron chi connectivity index (χ1n) is 9.18. The van der Waals surface area contributed by atoms with E-state index in [0.717, 1.165) is 11.3 Å². The summed E-state index contributed by atoms with van der Waals surface area (Å²) in [6.07, 6.45) is -0.145. The molecule has 0 radical (unpaired) electrons. The number of fused-ring (bicyclic) bond motifs is 1. The number of aliphatic carboxylic acids is 1. The molecule has 1 aromatic heterocycles. The van der Waals surface area contributed by atoms with Gasteiger partial charge in [0, 0.05) is 23.1 Å². The molecule has 1 heterocycles. The number of amides is 1. The Morgan fingerprint density at radius 2 is 1.93 bits per heavy atom. The van der Waals surface area contributed by atoms with Gasteiger partial charge in [0.25, 0.3) is 0 Å². The zero-order valence-electron chi connectivity index (χ0n) is 15.7. The summed E-state index contributed by atoms with van der Waals surface area (Å²) in [5.74, 6) is -3.03. The van der Waals surface area contributed by atoms with Crippen LogP contribution in [-0.2, 0) is 16.0 Å². The van der Waals surface area contributed by atoms with Crippen molar-refractivity contribution >= 4 is 22.8 Å². The number of hydrogen-bond donors (Lipinski definition) is 3. The number of alkyl halides is 3. The Bertz CT molecular complexity index is 949. The smallest absolute Gasteiger partial charge is 0.481 e. The average molecular weight is 410 g/mol. The van der Waals surface area contributed by atoms with Gasteiger partial charge in [0.05, 0.1) is 11.8 Å². The fourth-order valence-electron chi connectivity index (χ4n) is 3.70. The molecule has 0 saturated heterocycles. The van der Waals surface area contributed by atoms with Crippen molar-refractivity contribution in [1.82, 2.24) is 10.3 Å². The van der Waals surface area contributed by atoms with Crippen molar-refractivity contribution in [2.75, 3.05) is 6.54 Å². The number of halogens is 3. The summed E-state index contributed by atoms with van der Waals surface area (Å²) in [6, 6.07) is 4.06. The summed E-state index contributed by atoms with van der Waals surface area (Å²) in [7, 11) is 0. The lowest BCUT2D eigenvalue weighted by molar-refractivity contribution is -0.274. The molecule has 2 unspecified atom stereocenters. The van der Waals surface area contributed by atoms with Crippen molar-refractivity contribution in [1.29, 1.82) is 0 Å². The number of nitrogens with one attached hydrogen (secondary N) is 2. The number of H-pyrrole nitrogens is 1. The predicted octanol–water partition coefficient (Wildman–Crippen LogP) is 3.70. The summed E-state index contributed by atoms with van der Waals surface area (Å²) in [5, 5.41) is 12.6. The van der Waals surface area contributed by atoms with Gasteiger partial charge in [-0.05, 0) is 49.9 Å². The van der Waals surface area contributed by atoms with E-state index >= 15 is 0 Å². The van der Waals surface area contributed by atoms with Gasteiger partial charge in [0.2, 0.25) is 5.91 Å². The molecule has 1 amide bonds. The maximum Gasteiger partial charge on any atom is 0.573 e. The molecule has 0 aliphatic heterocycles. The maximum atomic E-state index is 12.5. The highest BCUT2D eigenvalue weighted by molar-refractivity contribution is 5.87. The molecule has 1 aliphatic carbocycles. The van der Waals surface area contributed by atoms with Crippen LogP contribution in [0.4, 0.5) is 13.2 Å². The van der Waals surface area contributed by atoms with E-state index in [1.807, 2.05) is 0 Å². The van der Waals surface area contributed by atoms with Crippen LogP contribution in [0.1, 0.15) is 24.1 Å². The molecular weight excluding hydrogens is 389 g/mol. The molecule has 6 nitrogen and oxygen atoms in total. The van der Waals surface area contributed by atoms with Gasteiger partial charge in [0.1, 0.15) is 5.75 Å². The third-order valence-electron chi connectivity index (χ3n) is 5.09. The summed E-state index contributed by atoms with van der Waals surface area (Å²) in [5.41, 5.74) is 2.22. The second kappa shape index (κ2) is 8.18. The standard InChI is InChI=1S/C20H21F3N2O4/c1-11-13(16-10-12(29-20(21,22)23)6-7-17(16)25-11)8-9-24-18(26)14-4-2-3-5-15(14)19(27)28/h2-3,6-7,10,14-15,25H,4-5,8-9H2,1H3,(H,24,26)(H,27,28). The molecule has 3 rings (SSSR count). The second-order valence-electron chi connectivity index (χ2n) is 7.02. The lowest BCUT2D eigenvalue weighted by Crippen LogP contribution is -2.39. The van der Waals surface area contributed by atoms with E-state index < -0.39 is 24.2 Å². The first-order chi connectivity index (χ1) is 13.7. The molecule has 29 heavy (non-hydrogen) atoms. The molecule has 2 atom stereocenters. The van der Waals surface area contributed by atoms with Crippen molar-refractivity contribution in [2.45, 2.75) is 32.5 Å². The van der Waals surface area contributed by atoms with E-state index in [1.54, 1.807) is 19.1 Å². The molecule has 1 aromatic carbocycles. The van der Waals surface area contributed by atoms with Gasteiger partial charge >= 0.3 is 12.3 Å². The van der Waals surface area contributed by atoms with Crippen LogP contribution in [0, 0.1) is 18.8 Å². The normalized spacial score (nSPS) is 19.3. The van der Waals surface area contributed by atoms with Crippen LogP contribution < -0.4 is 10.1 Å². The number of aromatic amines is 1. The molecular formula is C20H21F3N2O4. The van der Waals surface area contributed by atoms with Crippen molar-refractivity contribution in [3.63, 3.8) is 0 Å². The maximum absolute atomic E-state index is 12.5. The minimum absolute atomic E-state index is 0.240. The van der Waals surface area contributed by atoms with Gasteiger partial charge < -0.3 is 20.1 Å². The van der Waals surface area contributed by atoms with Crippen LogP contribution in [0.15, 0.2) is 30.4 Å². The van der Waals surface area contributed by atoms with Crippen LogP contribution in [0.25, 0.3) is 10.9 Å². The number of rotatable bonds is 6. The van der Waals surface area contributed by atoms with E-state index in [-0.39, 0.29) is 18.2 Å². The molecule has 9 heteroatoms. The van der Waals surface area contributed by atoms with Crippen molar-refractivity contribution in [3.8, 4) is 5.75 Å². The minimum atomic E-state index is -4.78. The zero-order valence-corrected chi connectivity index (χ0v) is 15.7. The van der Waals surface area contributed by atoms with Crippen molar-refractivity contribution in [2.24, 2.45) is 11.8 Å². The van der Waals surface area contributed by atoms with Gasteiger partial charge in [-0.25, -0.2) is 0 Å². The van der Waals surface area contributed by atoms with Crippen LogP contribution in [0.2, 0.25) is 0 Å². The summed E-state index contributed by atoms with van der Waals surface area (Å²) < 4.78 is 41.4. The highest BCUT2D eigenvalue weighted by Crippen LogP contribution is 2.30. The monoisotopic (exact) mass is 410 g/mol. The fraction of sp³-hybridized carbons (Fsp3) is 0.400. The molecule has 3 N–H and O–H groups in total. The number of allylic oxidation sites excluding steroid dienone is 2. The SMILES string of the molecule is Cc1[nH]c2ccc(OC(F)(F)F)cc2c1CCNC(=O)C1CC=CCC1C(=O)O. The zero-order chi connectivity index (χ0) is 21.2. The topological polar surface area (TPSA) is 91.4 Å². The number of aryl methyl sites for hydroxylation is 1. The first-order valence-corrected chi connectivity index (χ1v) is 9.18. The first kappa shape index (κ1) is 20.8. The Morgan fingerprint density at radius 1 is 1.24 bits per heavy atom. The van der Waals surface area contributed by atoms with Gasteiger partial charge in [-0.15, -0.1) is 13.2 Å². The Balaban J connectivity index is 1.69. The highest BCUT2D eigenvalue weighted by atomic mass is 19.4. The third kappa shape index (κ3) is 4.90. The van der Waals surface area contributed by atoms with E-state index in [0.29, 0.717) is 30.2 Å². The molecule has 0 bridgehead atoms. The molecule has 0 spiro atoms. The molecule has 156 valence electrons.